The molecule has 7 nitrogen and oxygen atoms in total. The van der Waals surface area contributed by atoms with Crippen LogP contribution in [0.2, 0.25) is 0 Å². The van der Waals surface area contributed by atoms with Gasteiger partial charge in [0.2, 0.25) is 5.82 Å². The third-order valence-corrected chi connectivity index (χ3v) is 4.73. The Morgan fingerprint density at radius 3 is 2.75 bits per heavy atom. The van der Waals surface area contributed by atoms with Gasteiger partial charge in [-0.3, -0.25) is 10.1 Å². The number of aryl methyl sites for hydroxylation is 2. The molecule has 7 heteroatoms. The number of fused-ring (bicyclic) bond motifs is 1. The molecule has 1 saturated heterocycles. The Morgan fingerprint density at radius 1 is 1.35 bits per heavy atom. The summed E-state index contributed by atoms with van der Waals surface area (Å²) in [4.78, 5) is 13.1. The molecule has 2 aliphatic rings. The lowest BCUT2D eigenvalue weighted by Crippen LogP contribution is -2.32. The third kappa shape index (κ3) is 2.06. The fourth-order valence-electron chi connectivity index (χ4n) is 3.84. The molecule has 0 amide bonds. The molecule has 0 bridgehead atoms. The average molecular weight is 279 g/mol. The molecular formula is C13H21N5O2. The molecule has 1 aromatic rings. The highest BCUT2D eigenvalue weighted by Gasteiger charge is 2.40. The van der Waals surface area contributed by atoms with Gasteiger partial charge in [-0.2, -0.15) is 5.10 Å². The van der Waals surface area contributed by atoms with Gasteiger partial charge >= 0.3 is 5.69 Å². The molecule has 2 heterocycles. The molecule has 1 unspecified atom stereocenters. The normalized spacial score (nSPS) is 29.6. The van der Waals surface area contributed by atoms with Crippen LogP contribution in [0.5, 0.6) is 0 Å². The largest absolute Gasteiger partial charge is 0.351 e. The first-order valence-electron chi connectivity index (χ1n) is 7.16. The Hall–Kier alpha value is -1.63. The minimum atomic E-state index is -0.314. The summed E-state index contributed by atoms with van der Waals surface area (Å²) < 4.78 is 1.64. The number of hydrogen-bond donors (Lipinski definition) is 1. The maximum Gasteiger partial charge on any atom is 0.333 e. The molecule has 3 atom stereocenters. The summed E-state index contributed by atoms with van der Waals surface area (Å²) in [6.45, 7) is 3.44. The van der Waals surface area contributed by atoms with Crippen LogP contribution < -0.4 is 10.6 Å². The standard InChI is InChI=1S/C13H21N5O2/c1-8-12(18(19)20)13(16(2)15-8)17-6-9-3-4-11(14)5-10(9)7-17/h9-11H,3-7,14H2,1-2H3/t9-,10+,11?/m1/s1. The second kappa shape index (κ2) is 4.73. The minimum absolute atomic E-state index is 0.149. The Balaban J connectivity index is 1.90. The van der Waals surface area contributed by atoms with Gasteiger partial charge in [0, 0.05) is 26.2 Å². The van der Waals surface area contributed by atoms with E-state index in [1.54, 1.807) is 18.7 Å². The van der Waals surface area contributed by atoms with E-state index < -0.39 is 0 Å². The van der Waals surface area contributed by atoms with Crippen molar-refractivity contribution in [1.82, 2.24) is 9.78 Å². The zero-order valence-corrected chi connectivity index (χ0v) is 12.0. The summed E-state index contributed by atoms with van der Waals surface area (Å²) in [5.74, 6) is 1.83. The fourth-order valence-corrected chi connectivity index (χ4v) is 3.84. The van der Waals surface area contributed by atoms with Gasteiger partial charge < -0.3 is 10.6 Å². The number of aromatic nitrogens is 2. The van der Waals surface area contributed by atoms with Crippen LogP contribution in [0, 0.1) is 28.9 Å². The van der Waals surface area contributed by atoms with Crippen LogP contribution in [-0.2, 0) is 7.05 Å². The quantitative estimate of drug-likeness (QED) is 0.649. The predicted molar refractivity (Wildman–Crippen MR) is 75.6 cm³/mol. The van der Waals surface area contributed by atoms with Crippen LogP contribution in [0.25, 0.3) is 0 Å². The minimum Gasteiger partial charge on any atom is -0.351 e. The van der Waals surface area contributed by atoms with Crippen molar-refractivity contribution in [2.75, 3.05) is 18.0 Å². The number of nitrogens with two attached hydrogens (primary N) is 1. The lowest BCUT2D eigenvalue weighted by Gasteiger charge is -2.27. The maximum atomic E-state index is 11.3. The van der Waals surface area contributed by atoms with Crippen molar-refractivity contribution in [3.8, 4) is 0 Å². The van der Waals surface area contributed by atoms with Gasteiger partial charge in [-0.1, -0.05) is 0 Å². The van der Waals surface area contributed by atoms with Crippen molar-refractivity contribution in [3.63, 3.8) is 0 Å². The van der Waals surface area contributed by atoms with Gasteiger partial charge in [-0.15, -0.1) is 0 Å². The van der Waals surface area contributed by atoms with Crippen LogP contribution in [0.3, 0.4) is 0 Å². The maximum absolute atomic E-state index is 11.3. The second-order valence-electron chi connectivity index (χ2n) is 6.14. The predicted octanol–water partition coefficient (Wildman–Crippen LogP) is 1.20. The second-order valence-corrected chi connectivity index (χ2v) is 6.14. The van der Waals surface area contributed by atoms with Crippen molar-refractivity contribution >= 4 is 11.5 Å². The highest BCUT2D eigenvalue weighted by atomic mass is 16.6. The lowest BCUT2D eigenvalue weighted by molar-refractivity contribution is -0.384. The molecule has 0 spiro atoms. The summed E-state index contributed by atoms with van der Waals surface area (Å²) in [6.07, 6.45) is 3.24. The van der Waals surface area contributed by atoms with E-state index in [1.807, 2.05) is 0 Å². The van der Waals surface area contributed by atoms with Crippen LogP contribution >= 0.6 is 0 Å². The summed E-state index contributed by atoms with van der Waals surface area (Å²) in [6, 6.07) is 0.291. The van der Waals surface area contributed by atoms with Gasteiger partial charge in [0.25, 0.3) is 0 Å². The lowest BCUT2D eigenvalue weighted by atomic mass is 9.79. The molecule has 3 rings (SSSR count). The molecule has 0 radical (unpaired) electrons. The van der Waals surface area contributed by atoms with E-state index in [0.29, 0.717) is 29.4 Å². The van der Waals surface area contributed by atoms with Crippen molar-refractivity contribution in [2.24, 2.45) is 24.6 Å². The highest BCUT2D eigenvalue weighted by Crippen LogP contribution is 2.40. The Bertz CT molecular complexity index is 541. The van der Waals surface area contributed by atoms with Gasteiger partial charge in [0.05, 0.1) is 4.92 Å². The number of rotatable bonds is 2. The molecule has 1 aromatic heterocycles. The molecule has 0 aromatic carbocycles. The molecule has 20 heavy (non-hydrogen) atoms. The zero-order valence-electron chi connectivity index (χ0n) is 12.0. The van der Waals surface area contributed by atoms with Crippen molar-refractivity contribution in [1.29, 1.82) is 0 Å². The molecule has 1 saturated carbocycles. The summed E-state index contributed by atoms with van der Waals surface area (Å²) in [5.41, 5.74) is 6.68. The van der Waals surface area contributed by atoms with E-state index in [4.69, 9.17) is 5.73 Å². The first-order valence-corrected chi connectivity index (χ1v) is 7.16. The number of anilines is 1. The third-order valence-electron chi connectivity index (χ3n) is 4.73. The number of nitro groups is 1. The monoisotopic (exact) mass is 279 g/mol. The van der Waals surface area contributed by atoms with E-state index in [1.165, 1.54) is 0 Å². The fraction of sp³-hybridized carbons (Fsp3) is 0.769. The van der Waals surface area contributed by atoms with E-state index in [2.05, 4.69) is 10.00 Å². The number of nitrogens with zero attached hydrogens (tertiary/aromatic N) is 4. The molecular weight excluding hydrogens is 258 g/mol. The highest BCUT2D eigenvalue weighted by molar-refractivity contribution is 5.62. The average Bonchev–Trinajstić information content (AvgIpc) is 2.88. The Labute approximate surface area is 117 Å². The van der Waals surface area contributed by atoms with E-state index in [0.717, 1.165) is 32.4 Å². The summed E-state index contributed by atoms with van der Waals surface area (Å²) >= 11 is 0. The first kappa shape index (κ1) is 13.4. The van der Waals surface area contributed by atoms with Crippen molar-refractivity contribution in [2.45, 2.75) is 32.2 Å². The van der Waals surface area contributed by atoms with Crippen LogP contribution in [0.15, 0.2) is 0 Å². The first-order chi connectivity index (χ1) is 9.47. The molecule has 1 aliphatic heterocycles. The van der Waals surface area contributed by atoms with Crippen molar-refractivity contribution in [3.05, 3.63) is 15.8 Å². The van der Waals surface area contributed by atoms with Crippen LogP contribution in [0.1, 0.15) is 25.0 Å². The smallest absolute Gasteiger partial charge is 0.333 e. The van der Waals surface area contributed by atoms with Gasteiger partial charge in [-0.05, 0) is 38.0 Å². The van der Waals surface area contributed by atoms with Crippen molar-refractivity contribution < 1.29 is 4.92 Å². The SMILES string of the molecule is Cc1nn(C)c(N2C[C@H]3CCC(N)C[C@H]3C2)c1[N+](=O)[O-]. The Kier molecular flexibility index (Phi) is 3.16. The topological polar surface area (TPSA) is 90.2 Å². The van der Waals surface area contributed by atoms with Crippen LogP contribution in [0.4, 0.5) is 11.5 Å². The van der Waals surface area contributed by atoms with E-state index in [9.17, 15) is 10.1 Å². The van der Waals surface area contributed by atoms with E-state index >= 15 is 0 Å². The number of hydrogen-bond acceptors (Lipinski definition) is 5. The Morgan fingerprint density at radius 2 is 2.05 bits per heavy atom. The molecule has 2 N–H and O–H groups in total. The van der Waals surface area contributed by atoms with E-state index in [-0.39, 0.29) is 10.6 Å². The summed E-state index contributed by atoms with van der Waals surface area (Å²) in [5, 5.41) is 15.5. The molecule has 110 valence electrons. The van der Waals surface area contributed by atoms with Gasteiger partial charge in [-0.25, -0.2) is 4.68 Å². The van der Waals surface area contributed by atoms with Gasteiger partial charge in [0.1, 0.15) is 5.69 Å². The summed E-state index contributed by atoms with van der Waals surface area (Å²) in [7, 11) is 1.78. The van der Waals surface area contributed by atoms with Gasteiger partial charge in [0.15, 0.2) is 0 Å². The zero-order chi connectivity index (χ0) is 14.4. The molecule has 2 fully saturated rings. The molecule has 1 aliphatic carbocycles. The van der Waals surface area contributed by atoms with Crippen LogP contribution in [-0.4, -0.2) is 33.8 Å².